The van der Waals surface area contributed by atoms with Gasteiger partial charge >= 0.3 is 5.97 Å². The van der Waals surface area contributed by atoms with Crippen molar-refractivity contribution in [3.8, 4) is 0 Å². The smallest absolute Gasteiger partial charge is 0.314 e. The third-order valence-electron chi connectivity index (χ3n) is 11.9. The van der Waals surface area contributed by atoms with E-state index < -0.39 is 127 Å². The molecule has 11 atom stereocenters. The number of hydrogen-bond donors (Lipinski definition) is 14. The summed E-state index contributed by atoms with van der Waals surface area (Å²) >= 11 is 0. The molecule has 3 rings (SSSR count). The Labute approximate surface area is 319 Å². The van der Waals surface area contributed by atoms with Gasteiger partial charge in [0, 0.05) is 44.5 Å². The predicted octanol–water partition coefficient (Wildman–Crippen LogP) is 1.12. The number of ether oxygens (including phenoxy) is 3. The van der Waals surface area contributed by atoms with Crippen molar-refractivity contribution in [2.45, 2.75) is 122 Å². The maximum absolute atomic E-state index is 13.8. The lowest BCUT2D eigenvalue weighted by Crippen LogP contribution is -2.60. The number of hydrogen-bond acceptors (Lipinski definition) is 18. The zero-order valence-electron chi connectivity index (χ0n) is 31.3. The van der Waals surface area contributed by atoms with E-state index in [1.807, 2.05) is 0 Å². The van der Waals surface area contributed by atoms with Crippen molar-refractivity contribution in [2.75, 3.05) is 26.4 Å². The van der Waals surface area contributed by atoms with E-state index in [4.69, 9.17) is 24.4 Å². The highest BCUT2D eigenvalue weighted by molar-refractivity contribution is 5.77. The molecule has 0 saturated heterocycles. The van der Waals surface area contributed by atoms with Gasteiger partial charge in [0.05, 0.1) is 12.0 Å². The second-order valence-electron chi connectivity index (χ2n) is 15.5. The topological polar surface area (TPSA) is 328 Å². The van der Waals surface area contributed by atoms with Gasteiger partial charge in [-0.25, -0.2) is 0 Å². The molecule has 0 amide bonds. The molecule has 3 aliphatic rings. The summed E-state index contributed by atoms with van der Waals surface area (Å²) in [7, 11) is 0. The Kier molecular flexibility index (Phi) is 16.2. The zero-order chi connectivity index (χ0) is 41.5. The number of fused-ring (bicyclic) bond motifs is 3. The van der Waals surface area contributed by atoms with Crippen LogP contribution in [0.1, 0.15) is 84.5 Å². The molecule has 0 bridgehead atoms. The number of allylic oxidation sites excluding steroid dienone is 1. The van der Waals surface area contributed by atoms with Crippen molar-refractivity contribution in [3.05, 3.63) is 46.7 Å². The fourth-order valence-corrected chi connectivity index (χ4v) is 9.12. The number of carbonyl (C=O) groups excluding carboxylic acids is 1. The van der Waals surface area contributed by atoms with Crippen LogP contribution in [0, 0.1) is 28.1 Å². The Morgan fingerprint density at radius 1 is 0.691 bits per heavy atom. The van der Waals surface area contributed by atoms with Gasteiger partial charge in [0.1, 0.15) is 18.3 Å². The van der Waals surface area contributed by atoms with Crippen molar-refractivity contribution in [1.82, 2.24) is 0 Å². The number of aliphatic hydroxyl groups is 14. The van der Waals surface area contributed by atoms with Crippen LogP contribution in [0.5, 0.6) is 0 Å². The highest BCUT2D eigenvalue weighted by Gasteiger charge is 2.63. The SMILES string of the molecule is C=C1CC[C@@H]2C(COC(O)/C(O)=C(\OC(O)/C(O)=C(\O)C(O)CCO)C(O)CCO)(CCC3[C@](C)(C(=O)OC(O)/C(O)=C(/O)C(O)CCO)CCC[C@]32C)C1. The van der Waals surface area contributed by atoms with Crippen molar-refractivity contribution in [3.63, 3.8) is 0 Å². The summed E-state index contributed by atoms with van der Waals surface area (Å²) in [6, 6.07) is 0. The van der Waals surface area contributed by atoms with Gasteiger partial charge in [0.2, 0.25) is 17.8 Å². The first-order valence-corrected chi connectivity index (χ1v) is 18.5. The molecule has 14 N–H and O–H groups in total. The largest absolute Gasteiger partial charge is 0.506 e. The van der Waals surface area contributed by atoms with Crippen LogP contribution in [0.2, 0.25) is 0 Å². The van der Waals surface area contributed by atoms with E-state index in [0.29, 0.717) is 51.4 Å². The van der Waals surface area contributed by atoms with Gasteiger partial charge in [-0.3, -0.25) is 4.79 Å². The lowest BCUT2D eigenvalue weighted by atomic mass is 9.40. The second-order valence-corrected chi connectivity index (χ2v) is 15.5. The quantitative estimate of drug-likeness (QED) is 0.0377. The van der Waals surface area contributed by atoms with E-state index in [0.717, 1.165) is 5.57 Å². The molecule has 0 radical (unpaired) electrons. The molecular formula is C37H60O18. The van der Waals surface area contributed by atoms with Crippen molar-refractivity contribution >= 4 is 5.97 Å². The summed E-state index contributed by atoms with van der Waals surface area (Å²) in [5.41, 5.74) is -1.46. The van der Waals surface area contributed by atoms with Crippen LogP contribution in [-0.4, -0.2) is 141 Å². The molecule has 3 aliphatic carbocycles. The summed E-state index contributed by atoms with van der Waals surface area (Å²) in [5.74, 6) is -7.98. The van der Waals surface area contributed by atoms with Gasteiger partial charge in [0.25, 0.3) is 12.6 Å². The third kappa shape index (κ3) is 10.0. The van der Waals surface area contributed by atoms with E-state index in [2.05, 4.69) is 13.5 Å². The van der Waals surface area contributed by atoms with Gasteiger partial charge < -0.3 is 85.7 Å². The minimum atomic E-state index is -2.48. The van der Waals surface area contributed by atoms with Gasteiger partial charge in [-0.05, 0) is 69.1 Å². The number of rotatable bonds is 19. The molecule has 3 fully saturated rings. The Balaban J connectivity index is 1.89. The molecule has 18 heteroatoms. The molecule has 8 unspecified atom stereocenters. The molecule has 0 aromatic rings. The normalized spacial score (nSPS) is 31.6. The molecule has 18 nitrogen and oxygen atoms in total. The molecule has 55 heavy (non-hydrogen) atoms. The van der Waals surface area contributed by atoms with E-state index in [1.54, 1.807) is 6.92 Å². The van der Waals surface area contributed by atoms with Gasteiger partial charge in [0.15, 0.2) is 23.0 Å². The van der Waals surface area contributed by atoms with E-state index >= 15 is 0 Å². The Bertz CT molecular complexity index is 1430. The molecule has 0 aromatic carbocycles. The highest BCUT2D eigenvalue weighted by atomic mass is 16.7. The summed E-state index contributed by atoms with van der Waals surface area (Å²) in [5, 5.41) is 141. The molecule has 3 saturated carbocycles. The molecule has 316 valence electrons. The first-order valence-electron chi connectivity index (χ1n) is 18.5. The molecule has 0 aromatic heterocycles. The summed E-state index contributed by atoms with van der Waals surface area (Å²) in [6.07, 6.45) is -9.19. The minimum absolute atomic E-state index is 0.140. The van der Waals surface area contributed by atoms with Crippen LogP contribution < -0.4 is 0 Å². The van der Waals surface area contributed by atoms with Crippen LogP contribution in [-0.2, 0) is 19.0 Å². The number of carbonyl (C=O) groups is 1. The van der Waals surface area contributed by atoms with Crippen LogP contribution in [0.25, 0.3) is 0 Å². The van der Waals surface area contributed by atoms with E-state index in [9.17, 15) is 66.1 Å². The van der Waals surface area contributed by atoms with E-state index in [1.165, 1.54) is 0 Å². The summed E-state index contributed by atoms with van der Waals surface area (Å²) < 4.78 is 16.2. The lowest BCUT2D eigenvalue weighted by molar-refractivity contribution is -0.213. The van der Waals surface area contributed by atoms with Crippen molar-refractivity contribution < 1.29 is 90.5 Å². The minimum Gasteiger partial charge on any atom is -0.506 e. The maximum atomic E-state index is 13.8. The van der Waals surface area contributed by atoms with Crippen molar-refractivity contribution in [2.24, 2.45) is 28.1 Å². The summed E-state index contributed by atoms with van der Waals surface area (Å²) in [6.45, 7) is 6.07. The van der Waals surface area contributed by atoms with Gasteiger partial charge in [-0.2, -0.15) is 0 Å². The van der Waals surface area contributed by atoms with Crippen LogP contribution in [0.4, 0.5) is 0 Å². The number of aliphatic hydroxyl groups excluding tert-OH is 14. The average Bonchev–Trinajstić information content (AvgIpc) is 3.14. The Hall–Kier alpha value is -3.17. The van der Waals surface area contributed by atoms with Crippen LogP contribution in [0.15, 0.2) is 46.7 Å². The average molecular weight is 793 g/mol. The Morgan fingerprint density at radius 2 is 1.22 bits per heavy atom. The molecule has 0 spiro atoms. The standard InChI is InChI=1S/C37H60O18/c1-19-5-6-24-35(2)11-4-12-36(3,34(52)55-33(51)28(47)26(45)21(42)9-15-39)23(35)7-13-37(24,17-19)18-53-31(49)29(48)30(22(43)10-16-40)54-32(50)27(46)25(44)20(41)8-14-38/h20-24,31-33,38-51H,1,4-18H2,2-3H3/b27-25+,28-26-,30-29+/t20?,21?,22?,23?,24-,31?,32?,33?,35+,36+,37?/m0/s1. The lowest BCUT2D eigenvalue weighted by Gasteiger charge is -2.64. The molecule has 0 aliphatic heterocycles. The number of esters is 1. The zero-order valence-corrected chi connectivity index (χ0v) is 31.3. The van der Waals surface area contributed by atoms with Gasteiger partial charge in [-0.15, -0.1) is 0 Å². The van der Waals surface area contributed by atoms with Crippen molar-refractivity contribution in [1.29, 1.82) is 0 Å². The first kappa shape index (κ1) is 46.2. The van der Waals surface area contributed by atoms with Crippen LogP contribution >= 0.6 is 0 Å². The van der Waals surface area contributed by atoms with E-state index in [-0.39, 0.29) is 24.9 Å². The highest BCUT2D eigenvalue weighted by Crippen LogP contribution is 2.68. The molecular weight excluding hydrogens is 732 g/mol. The fraction of sp³-hybridized carbons (Fsp3) is 0.757. The second kappa shape index (κ2) is 19.3. The Morgan fingerprint density at radius 3 is 1.76 bits per heavy atom. The molecule has 0 heterocycles. The third-order valence-corrected chi connectivity index (χ3v) is 11.9. The summed E-state index contributed by atoms with van der Waals surface area (Å²) in [4.78, 5) is 13.8. The fourth-order valence-electron chi connectivity index (χ4n) is 9.12. The predicted molar refractivity (Wildman–Crippen MR) is 190 cm³/mol. The maximum Gasteiger partial charge on any atom is 0.314 e. The monoisotopic (exact) mass is 792 g/mol. The van der Waals surface area contributed by atoms with Gasteiger partial charge in [-0.1, -0.05) is 25.5 Å². The van der Waals surface area contributed by atoms with Crippen LogP contribution in [0.3, 0.4) is 0 Å². The first-order chi connectivity index (χ1) is 25.7.